The Morgan fingerprint density at radius 3 is 2.71 bits per heavy atom. The number of nitrogens with one attached hydrogen (secondary N) is 1. The summed E-state index contributed by atoms with van der Waals surface area (Å²) in [5.41, 5.74) is 6.74. The van der Waals surface area contributed by atoms with Crippen LogP contribution in [0.4, 0.5) is 5.69 Å². The molecule has 5 heteroatoms. The summed E-state index contributed by atoms with van der Waals surface area (Å²) >= 11 is 3.41. The fourth-order valence-electron chi connectivity index (χ4n) is 2.17. The van der Waals surface area contributed by atoms with Gasteiger partial charge in [0.15, 0.2) is 0 Å². The zero-order valence-corrected chi connectivity index (χ0v) is 11.3. The molecule has 2 atom stereocenters. The van der Waals surface area contributed by atoms with Crippen molar-refractivity contribution in [3.63, 3.8) is 0 Å². The van der Waals surface area contributed by atoms with Crippen LogP contribution in [0.1, 0.15) is 6.92 Å². The van der Waals surface area contributed by atoms with Gasteiger partial charge in [-0.2, -0.15) is 0 Å². The number of anilines is 1. The minimum atomic E-state index is -0.278. The average molecular weight is 298 g/mol. The first-order valence-electron chi connectivity index (χ1n) is 5.65. The first-order valence-corrected chi connectivity index (χ1v) is 6.44. The molecule has 4 nitrogen and oxygen atoms in total. The Kier molecular flexibility index (Phi) is 3.69. The van der Waals surface area contributed by atoms with Gasteiger partial charge in [-0.15, -0.1) is 0 Å². The lowest BCUT2D eigenvalue weighted by molar-refractivity contribution is -0.123. The van der Waals surface area contributed by atoms with E-state index in [1.807, 2.05) is 24.3 Å². The number of nitrogens with zero attached hydrogens (tertiary/aromatic N) is 1. The summed E-state index contributed by atoms with van der Waals surface area (Å²) in [6.07, 6.45) is 0. The van der Waals surface area contributed by atoms with Gasteiger partial charge in [-0.25, -0.2) is 0 Å². The molecule has 0 spiro atoms. The molecule has 0 aromatic heterocycles. The van der Waals surface area contributed by atoms with Crippen molar-refractivity contribution >= 4 is 27.5 Å². The number of halogens is 1. The molecule has 1 saturated heterocycles. The molecular weight excluding hydrogens is 282 g/mol. The van der Waals surface area contributed by atoms with Crippen LogP contribution in [0.15, 0.2) is 28.7 Å². The normalized spacial score (nSPS) is 24.6. The Hall–Kier alpha value is -1.07. The van der Waals surface area contributed by atoms with Gasteiger partial charge in [0.25, 0.3) is 0 Å². The van der Waals surface area contributed by atoms with Crippen molar-refractivity contribution < 1.29 is 4.79 Å². The molecule has 1 aliphatic heterocycles. The molecule has 2 rings (SSSR count). The lowest BCUT2D eigenvalue weighted by atomic mass is 10.1. The summed E-state index contributed by atoms with van der Waals surface area (Å²) in [5.74, 6) is 0.00789. The minimum absolute atomic E-state index is 0.00789. The molecular formula is C12H16BrN3O. The molecule has 1 amide bonds. The van der Waals surface area contributed by atoms with E-state index < -0.39 is 0 Å². The number of hydrogen-bond donors (Lipinski definition) is 2. The van der Waals surface area contributed by atoms with Crippen LogP contribution in [0, 0.1) is 0 Å². The second kappa shape index (κ2) is 5.06. The smallest absolute Gasteiger partial charge is 0.244 e. The molecule has 1 aromatic rings. The quantitative estimate of drug-likeness (QED) is 0.859. The Balaban J connectivity index is 2.32. The van der Waals surface area contributed by atoms with Crippen LogP contribution in [0.5, 0.6) is 0 Å². The van der Waals surface area contributed by atoms with E-state index in [0.717, 1.165) is 10.2 Å². The molecule has 0 bridgehead atoms. The molecule has 1 heterocycles. The van der Waals surface area contributed by atoms with Crippen LogP contribution >= 0.6 is 15.9 Å². The fourth-order valence-corrected chi connectivity index (χ4v) is 2.43. The van der Waals surface area contributed by atoms with E-state index in [1.165, 1.54) is 0 Å². The van der Waals surface area contributed by atoms with Crippen LogP contribution in [0.3, 0.4) is 0 Å². The maximum absolute atomic E-state index is 11.8. The number of piperazine rings is 1. The van der Waals surface area contributed by atoms with Gasteiger partial charge in [-0.05, 0) is 31.2 Å². The zero-order chi connectivity index (χ0) is 12.4. The first-order chi connectivity index (χ1) is 8.13. The third-order valence-corrected chi connectivity index (χ3v) is 3.56. The second-order valence-corrected chi connectivity index (χ2v) is 5.15. The lowest BCUT2D eigenvalue weighted by Gasteiger charge is -2.41. The van der Waals surface area contributed by atoms with Gasteiger partial charge in [0.2, 0.25) is 5.91 Å². The number of rotatable bonds is 2. The number of hydrogen-bond acceptors (Lipinski definition) is 3. The summed E-state index contributed by atoms with van der Waals surface area (Å²) in [7, 11) is 0. The van der Waals surface area contributed by atoms with Crippen molar-refractivity contribution in [2.24, 2.45) is 5.73 Å². The lowest BCUT2D eigenvalue weighted by Crippen LogP contribution is -2.62. The summed E-state index contributed by atoms with van der Waals surface area (Å²) in [5, 5.41) is 2.87. The first kappa shape index (κ1) is 12.4. The SMILES string of the molecule is CC1CNC(=O)C(CN)N1c1ccc(Br)cc1. The van der Waals surface area contributed by atoms with E-state index in [0.29, 0.717) is 13.1 Å². The van der Waals surface area contributed by atoms with Gasteiger partial charge in [0, 0.05) is 29.3 Å². The van der Waals surface area contributed by atoms with E-state index in [4.69, 9.17) is 5.73 Å². The van der Waals surface area contributed by atoms with Gasteiger partial charge in [0.05, 0.1) is 0 Å². The standard InChI is InChI=1S/C12H16BrN3O/c1-8-7-15-12(17)11(6-14)16(8)10-4-2-9(13)3-5-10/h2-5,8,11H,6-7,14H2,1H3,(H,15,17). The second-order valence-electron chi connectivity index (χ2n) is 4.23. The maximum atomic E-state index is 11.8. The van der Waals surface area contributed by atoms with E-state index in [-0.39, 0.29) is 18.0 Å². The topological polar surface area (TPSA) is 58.4 Å². The third-order valence-electron chi connectivity index (χ3n) is 3.03. The summed E-state index contributed by atoms with van der Waals surface area (Å²) < 4.78 is 1.03. The fraction of sp³-hybridized carbons (Fsp3) is 0.417. The van der Waals surface area contributed by atoms with E-state index in [1.54, 1.807) is 0 Å². The molecule has 3 N–H and O–H groups in total. The number of carbonyl (C=O) groups excluding carboxylic acids is 1. The van der Waals surface area contributed by atoms with Crippen molar-refractivity contribution in [2.75, 3.05) is 18.0 Å². The molecule has 1 aliphatic rings. The van der Waals surface area contributed by atoms with Crippen molar-refractivity contribution in [1.82, 2.24) is 5.32 Å². The summed E-state index contributed by atoms with van der Waals surface area (Å²) in [6, 6.07) is 7.93. The molecule has 1 fully saturated rings. The van der Waals surface area contributed by atoms with Gasteiger partial charge >= 0.3 is 0 Å². The van der Waals surface area contributed by atoms with Crippen molar-refractivity contribution in [1.29, 1.82) is 0 Å². The maximum Gasteiger partial charge on any atom is 0.244 e. The van der Waals surface area contributed by atoms with Crippen LogP contribution in [0.25, 0.3) is 0 Å². The van der Waals surface area contributed by atoms with Crippen molar-refractivity contribution in [3.8, 4) is 0 Å². The molecule has 17 heavy (non-hydrogen) atoms. The highest BCUT2D eigenvalue weighted by Crippen LogP contribution is 2.24. The number of amides is 1. The molecule has 0 radical (unpaired) electrons. The number of carbonyl (C=O) groups is 1. The van der Waals surface area contributed by atoms with Gasteiger partial charge < -0.3 is 16.0 Å². The van der Waals surface area contributed by atoms with Gasteiger partial charge in [0.1, 0.15) is 6.04 Å². The van der Waals surface area contributed by atoms with E-state index in [2.05, 4.69) is 33.1 Å². The molecule has 0 aliphatic carbocycles. The number of nitrogens with two attached hydrogens (primary N) is 1. The predicted molar refractivity (Wildman–Crippen MR) is 71.9 cm³/mol. The van der Waals surface area contributed by atoms with Gasteiger partial charge in [-0.1, -0.05) is 15.9 Å². The van der Waals surface area contributed by atoms with Crippen LogP contribution in [0.2, 0.25) is 0 Å². The largest absolute Gasteiger partial charge is 0.354 e. The minimum Gasteiger partial charge on any atom is -0.354 e. The predicted octanol–water partition coefficient (Wildman–Crippen LogP) is 1.10. The summed E-state index contributed by atoms with van der Waals surface area (Å²) in [6.45, 7) is 3.07. The highest BCUT2D eigenvalue weighted by Gasteiger charge is 2.32. The van der Waals surface area contributed by atoms with Crippen LogP contribution in [-0.4, -0.2) is 31.1 Å². The Labute approximate surface area is 109 Å². The highest BCUT2D eigenvalue weighted by atomic mass is 79.9. The monoisotopic (exact) mass is 297 g/mol. The number of benzene rings is 1. The molecule has 2 unspecified atom stereocenters. The Morgan fingerprint density at radius 1 is 1.47 bits per heavy atom. The Morgan fingerprint density at radius 2 is 2.12 bits per heavy atom. The van der Waals surface area contributed by atoms with E-state index >= 15 is 0 Å². The average Bonchev–Trinajstić information content (AvgIpc) is 2.33. The van der Waals surface area contributed by atoms with Gasteiger partial charge in [-0.3, -0.25) is 4.79 Å². The van der Waals surface area contributed by atoms with Crippen molar-refractivity contribution in [3.05, 3.63) is 28.7 Å². The van der Waals surface area contributed by atoms with Crippen molar-refractivity contribution in [2.45, 2.75) is 19.0 Å². The molecule has 0 saturated carbocycles. The zero-order valence-electron chi connectivity index (χ0n) is 9.69. The molecule has 92 valence electrons. The Bertz CT molecular complexity index is 407. The molecule has 1 aromatic carbocycles. The summed E-state index contributed by atoms with van der Waals surface area (Å²) in [4.78, 5) is 13.9. The highest BCUT2D eigenvalue weighted by molar-refractivity contribution is 9.10. The van der Waals surface area contributed by atoms with Crippen LogP contribution < -0.4 is 16.0 Å². The van der Waals surface area contributed by atoms with Crippen LogP contribution in [-0.2, 0) is 4.79 Å². The van der Waals surface area contributed by atoms with E-state index in [9.17, 15) is 4.79 Å². The third kappa shape index (κ3) is 2.45.